The van der Waals surface area contributed by atoms with E-state index in [9.17, 15) is 0 Å². The van der Waals surface area contributed by atoms with Crippen LogP contribution in [0.15, 0.2) is 4.99 Å². The van der Waals surface area contributed by atoms with Gasteiger partial charge in [-0.2, -0.15) is 0 Å². The highest BCUT2D eigenvalue weighted by molar-refractivity contribution is 14.0. The van der Waals surface area contributed by atoms with E-state index in [1.165, 1.54) is 32.1 Å². The Bertz CT molecular complexity index is 337. The number of aliphatic imine (C=N–C) groups is 1. The van der Waals surface area contributed by atoms with Crippen LogP contribution in [-0.2, 0) is 4.74 Å². The highest BCUT2D eigenvalue weighted by Crippen LogP contribution is 2.35. The molecule has 3 fully saturated rings. The predicted molar refractivity (Wildman–Crippen MR) is 88.1 cm³/mol. The number of halogens is 1. The van der Waals surface area contributed by atoms with E-state index >= 15 is 0 Å². The third-order valence-corrected chi connectivity index (χ3v) is 4.56. The molecule has 0 aromatic heterocycles. The molecule has 2 N–H and O–H groups in total. The molecule has 2 heterocycles. The average Bonchev–Trinajstić information content (AvgIpc) is 2.80. The van der Waals surface area contributed by atoms with Crippen molar-refractivity contribution in [2.24, 2.45) is 10.9 Å². The Morgan fingerprint density at radius 3 is 2.58 bits per heavy atom. The Kier molecular flexibility index (Phi) is 5.34. The first-order valence-corrected chi connectivity index (χ1v) is 7.45. The normalized spacial score (nSPS) is 39.9. The molecule has 5 atom stereocenters. The lowest BCUT2D eigenvalue weighted by atomic mass is 9.96. The van der Waals surface area contributed by atoms with Gasteiger partial charge < -0.3 is 15.4 Å². The first-order chi connectivity index (χ1) is 8.80. The van der Waals surface area contributed by atoms with Crippen molar-refractivity contribution in [2.75, 3.05) is 7.05 Å². The van der Waals surface area contributed by atoms with Crippen molar-refractivity contribution >= 4 is 29.9 Å². The summed E-state index contributed by atoms with van der Waals surface area (Å²) in [5, 5.41) is 7.09. The zero-order chi connectivity index (χ0) is 12.5. The molecule has 2 saturated heterocycles. The summed E-state index contributed by atoms with van der Waals surface area (Å²) in [6.45, 7) is 2.26. The van der Waals surface area contributed by atoms with Crippen molar-refractivity contribution in [3.63, 3.8) is 0 Å². The Hall–Kier alpha value is -0.0400. The molecule has 110 valence electrons. The van der Waals surface area contributed by atoms with Crippen molar-refractivity contribution in [3.8, 4) is 0 Å². The standard InChI is InChI=1S/C14H25N3O.HI/c1-3-4-9-7-11(9)16-14(15-2)17-12-8-10-5-6-13(12)18-10;/h9-13H,3-8H2,1-2H3,(H2,15,16,17);1H. The van der Waals surface area contributed by atoms with Gasteiger partial charge in [0.1, 0.15) is 0 Å². The predicted octanol–water partition coefficient (Wildman–Crippen LogP) is 2.28. The van der Waals surface area contributed by atoms with Crippen molar-refractivity contribution in [3.05, 3.63) is 0 Å². The molecular weight excluding hydrogens is 353 g/mol. The Morgan fingerprint density at radius 2 is 2.00 bits per heavy atom. The van der Waals surface area contributed by atoms with E-state index in [2.05, 4.69) is 22.5 Å². The molecule has 2 bridgehead atoms. The average molecular weight is 379 g/mol. The van der Waals surface area contributed by atoms with Crippen molar-refractivity contribution in [1.82, 2.24) is 10.6 Å². The number of hydrogen-bond donors (Lipinski definition) is 2. The number of ether oxygens (including phenoxy) is 1. The summed E-state index contributed by atoms with van der Waals surface area (Å²) >= 11 is 0. The first-order valence-electron chi connectivity index (χ1n) is 7.45. The van der Waals surface area contributed by atoms with Gasteiger partial charge in [-0.3, -0.25) is 4.99 Å². The Balaban J connectivity index is 0.00000133. The second kappa shape index (κ2) is 6.61. The van der Waals surface area contributed by atoms with Crippen LogP contribution in [0.2, 0.25) is 0 Å². The number of nitrogens with one attached hydrogen (secondary N) is 2. The van der Waals surface area contributed by atoms with E-state index < -0.39 is 0 Å². The van der Waals surface area contributed by atoms with Crippen LogP contribution >= 0.6 is 24.0 Å². The molecular formula is C14H26IN3O. The third kappa shape index (κ3) is 3.54. The van der Waals surface area contributed by atoms with Crippen LogP contribution in [0.25, 0.3) is 0 Å². The van der Waals surface area contributed by atoms with Gasteiger partial charge >= 0.3 is 0 Å². The van der Waals surface area contributed by atoms with Crippen LogP contribution < -0.4 is 10.6 Å². The maximum atomic E-state index is 5.87. The van der Waals surface area contributed by atoms with E-state index in [0.717, 1.165) is 18.3 Å². The molecule has 1 aliphatic carbocycles. The SMILES string of the molecule is CCCC1CC1NC(=NC)NC1CC2CCC1O2.I. The number of fused-ring (bicyclic) bond motifs is 2. The van der Waals surface area contributed by atoms with Crippen LogP contribution in [-0.4, -0.2) is 37.3 Å². The number of guanidine groups is 1. The molecule has 0 amide bonds. The minimum absolute atomic E-state index is 0. The van der Waals surface area contributed by atoms with Gasteiger partial charge in [0, 0.05) is 13.1 Å². The maximum absolute atomic E-state index is 5.87. The molecule has 5 unspecified atom stereocenters. The van der Waals surface area contributed by atoms with Gasteiger partial charge in [-0.25, -0.2) is 0 Å². The molecule has 2 aliphatic heterocycles. The van der Waals surface area contributed by atoms with Crippen molar-refractivity contribution in [1.29, 1.82) is 0 Å². The Labute approximate surface area is 133 Å². The quantitative estimate of drug-likeness (QED) is 0.448. The topological polar surface area (TPSA) is 45.7 Å². The van der Waals surface area contributed by atoms with E-state index in [-0.39, 0.29) is 24.0 Å². The van der Waals surface area contributed by atoms with E-state index in [0.29, 0.717) is 24.3 Å². The third-order valence-electron chi connectivity index (χ3n) is 4.56. The van der Waals surface area contributed by atoms with Crippen LogP contribution in [0.4, 0.5) is 0 Å². The summed E-state index contributed by atoms with van der Waals surface area (Å²) in [6, 6.07) is 1.12. The molecule has 0 aromatic carbocycles. The molecule has 3 rings (SSSR count). The van der Waals surface area contributed by atoms with E-state index in [4.69, 9.17) is 4.74 Å². The lowest BCUT2D eigenvalue weighted by Crippen LogP contribution is -2.48. The number of nitrogens with zero attached hydrogens (tertiary/aromatic N) is 1. The van der Waals surface area contributed by atoms with Crippen LogP contribution in [0.5, 0.6) is 0 Å². The van der Waals surface area contributed by atoms with Crippen LogP contribution in [0, 0.1) is 5.92 Å². The van der Waals surface area contributed by atoms with Crippen molar-refractivity contribution < 1.29 is 4.74 Å². The Morgan fingerprint density at radius 1 is 1.21 bits per heavy atom. The summed E-state index contributed by atoms with van der Waals surface area (Å²) < 4.78 is 5.87. The summed E-state index contributed by atoms with van der Waals surface area (Å²) in [6.07, 6.45) is 8.45. The number of rotatable bonds is 4. The van der Waals surface area contributed by atoms with Crippen LogP contribution in [0.3, 0.4) is 0 Å². The zero-order valence-electron chi connectivity index (χ0n) is 11.9. The minimum atomic E-state index is 0. The second-order valence-electron chi connectivity index (χ2n) is 5.97. The van der Waals surface area contributed by atoms with Gasteiger partial charge in [-0.05, 0) is 38.0 Å². The summed E-state index contributed by atoms with van der Waals surface area (Å²) in [5.41, 5.74) is 0. The molecule has 0 radical (unpaired) electrons. The second-order valence-corrected chi connectivity index (χ2v) is 5.97. The maximum Gasteiger partial charge on any atom is 0.191 e. The molecule has 3 aliphatic rings. The zero-order valence-corrected chi connectivity index (χ0v) is 14.2. The van der Waals surface area contributed by atoms with Gasteiger partial charge in [0.05, 0.1) is 18.2 Å². The van der Waals surface area contributed by atoms with Gasteiger partial charge in [-0.1, -0.05) is 13.3 Å². The fourth-order valence-electron chi connectivity index (χ4n) is 3.43. The van der Waals surface area contributed by atoms with E-state index in [1.54, 1.807) is 0 Å². The van der Waals surface area contributed by atoms with E-state index in [1.807, 2.05) is 7.05 Å². The fraction of sp³-hybridized carbons (Fsp3) is 0.929. The largest absolute Gasteiger partial charge is 0.373 e. The molecule has 19 heavy (non-hydrogen) atoms. The summed E-state index contributed by atoms with van der Waals surface area (Å²) in [5.74, 6) is 1.84. The lowest BCUT2D eigenvalue weighted by Gasteiger charge is -2.22. The van der Waals surface area contributed by atoms with Gasteiger partial charge in [-0.15, -0.1) is 24.0 Å². The highest BCUT2D eigenvalue weighted by Gasteiger charge is 2.42. The summed E-state index contributed by atoms with van der Waals surface area (Å²) in [7, 11) is 1.86. The van der Waals surface area contributed by atoms with Gasteiger partial charge in [0.15, 0.2) is 5.96 Å². The lowest BCUT2D eigenvalue weighted by molar-refractivity contribution is 0.0992. The van der Waals surface area contributed by atoms with Gasteiger partial charge in [0.25, 0.3) is 0 Å². The van der Waals surface area contributed by atoms with Crippen molar-refractivity contribution in [2.45, 2.75) is 69.7 Å². The minimum Gasteiger partial charge on any atom is -0.373 e. The molecule has 0 spiro atoms. The number of hydrogen-bond acceptors (Lipinski definition) is 2. The smallest absolute Gasteiger partial charge is 0.191 e. The highest BCUT2D eigenvalue weighted by atomic mass is 127. The molecule has 4 nitrogen and oxygen atoms in total. The molecule has 1 saturated carbocycles. The molecule has 0 aromatic rings. The molecule has 5 heteroatoms. The van der Waals surface area contributed by atoms with Gasteiger partial charge in [0.2, 0.25) is 0 Å². The van der Waals surface area contributed by atoms with Crippen LogP contribution in [0.1, 0.15) is 45.4 Å². The first kappa shape index (κ1) is 15.4. The monoisotopic (exact) mass is 379 g/mol. The fourth-order valence-corrected chi connectivity index (χ4v) is 3.43. The summed E-state index contributed by atoms with van der Waals surface area (Å²) in [4.78, 5) is 4.35.